The average Bonchev–Trinajstić information content (AvgIpc) is 3.10. The highest BCUT2D eigenvalue weighted by molar-refractivity contribution is 5.71. The van der Waals surface area contributed by atoms with Gasteiger partial charge in [0.05, 0.1) is 0 Å². The van der Waals surface area contributed by atoms with Crippen LogP contribution in [0.2, 0.25) is 0 Å². The first-order valence-corrected chi connectivity index (χ1v) is 21.5. The first-order chi connectivity index (χ1) is 24.0. The molecule has 1 atom stereocenters. The molecule has 1 unspecified atom stereocenters. The Morgan fingerprint density at radius 3 is 0.816 bits per heavy atom. The van der Waals surface area contributed by atoms with E-state index in [1.165, 1.54) is 135 Å². The van der Waals surface area contributed by atoms with Crippen molar-refractivity contribution in [1.82, 2.24) is 0 Å². The fraction of sp³-hybridized carbons (Fsp3) is 0.930. The van der Waals surface area contributed by atoms with Gasteiger partial charge in [-0.15, -0.1) is 0 Å². The van der Waals surface area contributed by atoms with E-state index >= 15 is 0 Å². The Labute approximate surface area is 304 Å². The molecule has 0 heterocycles. The molecule has 0 aromatic carbocycles. The van der Waals surface area contributed by atoms with Crippen molar-refractivity contribution in [1.29, 1.82) is 0 Å². The first kappa shape index (κ1) is 47.4. The molecule has 290 valence electrons. The van der Waals surface area contributed by atoms with Crippen LogP contribution in [0, 0.1) is 0 Å². The van der Waals surface area contributed by atoms with E-state index in [-0.39, 0.29) is 31.1 Å². The largest absolute Gasteiger partial charge is 0.462 e. The number of carbonyl (C=O) groups excluding carboxylic acids is 3. The molecule has 0 aromatic heterocycles. The molecule has 0 bridgehead atoms. The minimum absolute atomic E-state index is 0.0654. The summed E-state index contributed by atoms with van der Waals surface area (Å²) in [4.78, 5) is 37.1. The molecule has 0 aliphatic carbocycles. The summed E-state index contributed by atoms with van der Waals surface area (Å²) >= 11 is 0. The van der Waals surface area contributed by atoms with E-state index in [4.69, 9.17) is 14.2 Å². The molecule has 0 aliphatic heterocycles. The van der Waals surface area contributed by atoms with Crippen LogP contribution in [0.5, 0.6) is 0 Å². The van der Waals surface area contributed by atoms with Crippen LogP contribution >= 0.6 is 0 Å². The average molecular weight is 695 g/mol. The zero-order valence-corrected chi connectivity index (χ0v) is 33.0. The van der Waals surface area contributed by atoms with Crippen LogP contribution in [0.15, 0.2) is 0 Å². The number of unbranched alkanes of at least 4 members (excludes halogenated alkanes) is 28. The van der Waals surface area contributed by atoms with Crippen LogP contribution in [0.3, 0.4) is 0 Å². The van der Waals surface area contributed by atoms with Crippen LogP contribution in [-0.2, 0) is 28.6 Å². The molecule has 0 N–H and O–H groups in total. The fourth-order valence-electron chi connectivity index (χ4n) is 6.32. The highest BCUT2D eigenvalue weighted by atomic mass is 16.6. The zero-order valence-electron chi connectivity index (χ0n) is 33.0. The Morgan fingerprint density at radius 1 is 0.327 bits per heavy atom. The van der Waals surface area contributed by atoms with Gasteiger partial charge in [-0.05, 0) is 19.3 Å². The van der Waals surface area contributed by atoms with Gasteiger partial charge in [0, 0.05) is 19.3 Å². The van der Waals surface area contributed by atoms with E-state index in [0.29, 0.717) is 19.3 Å². The predicted molar refractivity (Wildman–Crippen MR) is 206 cm³/mol. The van der Waals surface area contributed by atoms with Crippen LogP contribution in [0.4, 0.5) is 0 Å². The van der Waals surface area contributed by atoms with Gasteiger partial charge in [-0.3, -0.25) is 14.4 Å². The van der Waals surface area contributed by atoms with Crippen LogP contribution in [0.1, 0.15) is 239 Å². The minimum atomic E-state index is -0.754. The third-order valence-corrected chi connectivity index (χ3v) is 9.61. The van der Waals surface area contributed by atoms with Gasteiger partial charge in [0.15, 0.2) is 6.10 Å². The minimum Gasteiger partial charge on any atom is -0.462 e. The predicted octanol–water partition coefficient (Wildman–Crippen LogP) is 13.3. The number of carbonyl (C=O) groups is 3. The van der Waals surface area contributed by atoms with Gasteiger partial charge in [0.1, 0.15) is 13.2 Å². The molecule has 6 heteroatoms. The van der Waals surface area contributed by atoms with Crippen molar-refractivity contribution in [3.05, 3.63) is 0 Å². The van der Waals surface area contributed by atoms with Crippen LogP contribution in [-0.4, -0.2) is 37.2 Å². The number of rotatable bonds is 39. The Balaban J connectivity index is 3.97. The van der Waals surface area contributed by atoms with Crippen LogP contribution in [0.25, 0.3) is 0 Å². The maximum atomic E-state index is 12.5. The smallest absolute Gasteiger partial charge is 0.306 e. The summed E-state index contributed by atoms with van der Waals surface area (Å²) in [5.74, 6) is -0.882. The highest BCUT2D eigenvalue weighted by Gasteiger charge is 2.19. The van der Waals surface area contributed by atoms with Crippen molar-refractivity contribution in [3.8, 4) is 0 Å². The zero-order chi connectivity index (χ0) is 35.9. The molecule has 49 heavy (non-hydrogen) atoms. The van der Waals surface area contributed by atoms with Gasteiger partial charge < -0.3 is 14.2 Å². The van der Waals surface area contributed by atoms with Gasteiger partial charge in [0.2, 0.25) is 0 Å². The van der Waals surface area contributed by atoms with Crippen molar-refractivity contribution in [2.45, 2.75) is 245 Å². The van der Waals surface area contributed by atoms with Gasteiger partial charge in [0.25, 0.3) is 0 Å². The van der Waals surface area contributed by atoms with Gasteiger partial charge in [-0.25, -0.2) is 0 Å². The number of esters is 3. The molecular weight excluding hydrogens is 612 g/mol. The third kappa shape index (κ3) is 37.5. The summed E-state index contributed by atoms with van der Waals surface area (Å²) in [5, 5.41) is 0. The molecule has 0 spiro atoms. The molecule has 0 rings (SSSR count). The quantitative estimate of drug-likeness (QED) is 0.0362. The molecule has 0 aliphatic rings. The Bertz CT molecular complexity index is 723. The fourth-order valence-corrected chi connectivity index (χ4v) is 6.32. The Morgan fingerprint density at radius 2 is 0.551 bits per heavy atom. The normalized spacial score (nSPS) is 11.8. The summed E-state index contributed by atoms with van der Waals surface area (Å²) in [5.41, 5.74) is 0. The molecule has 0 saturated heterocycles. The maximum Gasteiger partial charge on any atom is 0.306 e. The molecule has 6 nitrogen and oxygen atoms in total. The SMILES string of the molecule is CCCCCCCCCCCCCCCCCCCCCCC(=O)OCC(COC(=O)CCCCCCC)OC(=O)CCCCCCCC. The van der Waals surface area contributed by atoms with Gasteiger partial charge in [-0.1, -0.05) is 201 Å². The first-order valence-electron chi connectivity index (χ1n) is 21.5. The molecular formula is C43H82O6. The molecule has 0 amide bonds. The summed E-state index contributed by atoms with van der Waals surface area (Å²) in [6.07, 6.45) is 38.6. The molecule has 0 saturated carbocycles. The summed E-state index contributed by atoms with van der Waals surface area (Å²) in [6, 6.07) is 0. The van der Waals surface area contributed by atoms with Crippen molar-refractivity contribution in [3.63, 3.8) is 0 Å². The Hall–Kier alpha value is -1.59. The lowest BCUT2D eigenvalue weighted by Crippen LogP contribution is -2.30. The maximum absolute atomic E-state index is 12.5. The molecule has 0 fully saturated rings. The summed E-state index contributed by atoms with van der Waals surface area (Å²) in [7, 11) is 0. The standard InChI is InChI=1S/C43H82O6/c1-4-7-10-13-15-16-17-18-19-20-21-22-23-24-25-26-27-28-31-33-36-42(45)48-39-40(38-47-41(44)35-32-29-12-9-6-3)49-43(46)37-34-30-14-11-8-5-2/h40H,4-39H2,1-3H3. The second kappa shape index (κ2) is 39.2. The second-order valence-corrected chi connectivity index (χ2v) is 14.6. The third-order valence-electron chi connectivity index (χ3n) is 9.61. The highest BCUT2D eigenvalue weighted by Crippen LogP contribution is 2.16. The summed E-state index contributed by atoms with van der Waals surface area (Å²) < 4.78 is 16.5. The number of hydrogen-bond acceptors (Lipinski definition) is 6. The number of ether oxygens (including phenoxy) is 3. The van der Waals surface area contributed by atoms with E-state index < -0.39 is 6.10 Å². The lowest BCUT2D eigenvalue weighted by Gasteiger charge is -2.18. The topological polar surface area (TPSA) is 78.9 Å². The lowest BCUT2D eigenvalue weighted by atomic mass is 10.0. The van der Waals surface area contributed by atoms with Crippen molar-refractivity contribution < 1.29 is 28.6 Å². The van der Waals surface area contributed by atoms with E-state index in [1.807, 2.05) is 0 Å². The van der Waals surface area contributed by atoms with Gasteiger partial charge in [-0.2, -0.15) is 0 Å². The van der Waals surface area contributed by atoms with E-state index in [1.54, 1.807) is 0 Å². The van der Waals surface area contributed by atoms with E-state index in [9.17, 15) is 14.4 Å². The van der Waals surface area contributed by atoms with Crippen molar-refractivity contribution in [2.75, 3.05) is 13.2 Å². The van der Waals surface area contributed by atoms with Crippen molar-refractivity contribution >= 4 is 17.9 Å². The number of hydrogen-bond donors (Lipinski definition) is 0. The van der Waals surface area contributed by atoms with Crippen LogP contribution < -0.4 is 0 Å². The Kier molecular flexibility index (Phi) is 37.9. The monoisotopic (exact) mass is 695 g/mol. The van der Waals surface area contributed by atoms with E-state index in [2.05, 4.69) is 20.8 Å². The summed E-state index contributed by atoms with van der Waals surface area (Å²) in [6.45, 7) is 6.50. The van der Waals surface area contributed by atoms with E-state index in [0.717, 1.165) is 64.2 Å². The lowest BCUT2D eigenvalue weighted by molar-refractivity contribution is -0.167. The van der Waals surface area contributed by atoms with Crippen molar-refractivity contribution in [2.24, 2.45) is 0 Å². The molecule has 0 aromatic rings. The second-order valence-electron chi connectivity index (χ2n) is 14.6. The van der Waals surface area contributed by atoms with Gasteiger partial charge >= 0.3 is 17.9 Å². The molecule has 0 radical (unpaired) electrons.